The molecule has 7 nitrogen and oxygen atoms in total. The second-order valence-electron chi connectivity index (χ2n) is 7.23. The Hall–Kier alpha value is -2.59. The monoisotopic (exact) mass is 388 g/mol. The molecule has 1 aliphatic carbocycles. The Morgan fingerprint density at radius 1 is 1.30 bits per heavy atom. The molecule has 2 fully saturated rings. The van der Waals surface area contributed by atoms with Crippen molar-refractivity contribution in [3.05, 3.63) is 34.9 Å². The van der Waals surface area contributed by atoms with Crippen LogP contribution in [0.1, 0.15) is 44.6 Å². The maximum atomic E-state index is 12.9. The molecule has 0 bridgehead atoms. The zero-order valence-electron chi connectivity index (χ0n) is 15.0. The lowest BCUT2D eigenvalue weighted by Gasteiger charge is -2.32. The highest BCUT2D eigenvalue weighted by Crippen LogP contribution is 2.33. The highest BCUT2D eigenvalue weighted by molar-refractivity contribution is 6.32. The molecule has 0 spiro atoms. The third-order valence-electron chi connectivity index (χ3n) is 5.29. The van der Waals surface area contributed by atoms with E-state index >= 15 is 0 Å². The maximum absolute atomic E-state index is 12.9. The van der Waals surface area contributed by atoms with Gasteiger partial charge in [-0.25, -0.2) is 4.79 Å². The molecule has 1 saturated heterocycles. The summed E-state index contributed by atoms with van der Waals surface area (Å²) in [6.07, 6.45) is 3.91. The van der Waals surface area contributed by atoms with E-state index in [0.717, 1.165) is 24.2 Å². The van der Waals surface area contributed by atoms with Crippen molar-refractivity contribution < 1.29 is 14.4 Å². The quantitative estimate of drug-likeness (QED) is 0.773. The number of imide groups is 1. The minimum absolute atomic E-state index is 0.352. The first kappa shape index (κ1) is 19.2. The number of urea groups is 1. The number of nitrogens with zero attached hydrogens (tertiary/aromatic N) is 2. The van der Waals surface area contributed by atoms with E-state index in [-0.39, 0.29) is 0 Å². The zero-order valence-corrected chi connectivity index (χ0v) is 15.8. The number of hydrogen-bond donors (Lipinski definition) is 2. The number of amides is 4. The number of nitrogens with one attached hydrogen (secondary N) is 2. The number of rotatable bonds is 4. The van der Waals surface area contributed by atoms with Crippen LogP contribution in [0.25, 0.3) is 0 Å². The van der Waals surface area contributed by atoms with Gasteiger partial charge in [0.05, 0.1) is 6.07 Å². The Bertz CT molecular complexity index is 828. The zero-order chi connectivity index (χ0) is 19.7. The van der Waals surface area contributed by atoms with Crippen molar-refractivity contribution in [1.29, 1.82) is 5.26 Å². The number of carbonyl (C=O) groups is 3. The largest absolute Gasteiger partial charge is 0.336 e. The lowest BCUT2D eigenvalue weighted by Crippen LogP contribution is -2.52. The van der Waals surface area contributed by atoms with Crippen molar-refractivity contribution in [3.8, 4) is 6.07 Å². The van der Waals surface area contributed by atoms with Gasteiger partial charge < -0.3 is 10.6 Å². The Morgan fingerprint density at radius 2 is 1.96 bits per heavy atom. The number of hydrogen-bond acceptors (Lipinski definition) is 4. The van der Waals surface area contributed by atoms with Crippen LogP contribution in [0, 0.1) is 11.3 Å². The molecule has 1 aliphatic heterocycles. The van der Waals surface area contributed by atoms with Crippen molar-refractivity contribution >= 4 is 29.4 Å². The molecular weight excluding hydrogens is 368 g/mol. The molecule has 1 saturated carbocycles. The molecule has 2 N–H and O–H groups in total. The van der Waals surface area contributed by atoms with Gasteiger partial charge in [-0.05, 0) is 25.8 Å². The summed E-state index contributed by atoms with van der Waals surface area (Å²) < 4.78 is 0. The van der Waals surface area contributed by atoms with Crippen molar-refractivity contribution in [2.45, 2.75) is 50.1 Å². The van der Waals surface area contributed by atoms with E-state index in [2.05, 4.69) is 16.7 Å². The van der Waals surface area contributed by atoms with Crippen LogP contribution in [0.2, 0.25) is 5.02 Å². The normalized spacial score (nSPS) is 24.3. The molecule has 0 radical (unpaired) electrons. The van der Waals surface area contributed by atoms with Crippen molar-refractivity contribution in [2.75, 3.05) is 6.54 Å². The second kappa shape index (κ2) is 7.20. The average molecular weight is 389 g/mol. The van der Waals surface area contributed by atoms with Crippen LogP contribution >= 0.6 is 11.6 Å². The fraction of sp³-hybridized carbons (Fsp3) is 0.474. The Morgan fingerprint density at radius 3 is 2.59 bits per heavy atom. The Labute approximate surface area is 162 Å². The molecule has 1 aromatic rings. The lowest BCUT2D eigenvalue weighted by atomic mass is 9.83. The summed E-state index contributed by atoms with van der Waals surface area (Å²) in [4.78, 5) is 38.6. The van der Waals surface area contributed by atoms with Gasteiger partial charge in [0.15, 0.2) is 0 Å². The second-order valence-corrected chi connectivity index (χ2v) is 7.64. The predicted molar refractivity (Wildman–Crippen MR) is 98.6 cm³/mol. The van der Waals surface area contributed by atoms with Crippen molar-refractivity contribution in [1.82, 2.24) is 15.5 Å². The SMILES string of the molecule is C[C@]1(c2ccccc2Cl)NC(=O)N(CC(=O)NC2(C#N)CCCCC2)C1=O. The van der Waals surface area contributed by atoms with E-state index in [9.17, 15) is 19.6 Å². The summed E-state index contributed by atoms with van der Waals surface area (Å²) in [5, 5.41) is 15.2. The standard InChI is InChI=1S/C19H21ClN4O3/c1-18(13-7-3-4-8-14(13)20)16(26)24(17(27)23-18)11-15(25)22-19(12-21)9-5-2-6-10-19/h3-4,7-8H,2,5-6,9-11H2,1H3,(H,22,25)(H,23,27)/t18-/m1/s1. The number of carbonyl (C=O) groups excluding carboxylic acids is 3. The van der Waals surface area contributed by atoms with Gasteiger partial charge in [0.25, 0.3) is 5.91 Å². The molecular formula is C19H21ClN4O3. The van der Waals surface area contributed by atoms with Crippen LogP contribution in [0.4, 0.5) is 4.79 Å². The van der Waals surface area contributed by atoms with Gasteiger partial charge in [-0.2, -0.15) is 5.26 Å². The van der Waals surface area contributed by atoms with Crippen LogP contribution in [-0.2, 0) is 15.1 Å². The van der Waals surface area contributed by atoms with Crippen LogP contribution in [0.5, 0.6) is 0 Å². The Balaban J connectivity index is 1.75. The predicted octanol–water partition coefficient (Wildman–Crippen LogP) is 2.45. The third-order valence-corrected chi connectivity index (χ3v) is 5.62. The van der Waals surface area contributed by atoms with Crippen LogP contribution in [0.3, 0.4) is 0 Å². The third kappa shape index (κ3) is 3.50. The highest BCUT2D eigenvalue weighted by Gasteiger charge is 2.50. The summed E-state index contributed by atoms with van der Waals surface area (Å²) in [6, 6.07) is 8.28. The summed E-state index contributed by atoms with van der Waals surface area (Å²) in [6.45, 7) is 1.12. The minimum Gasteiger partial charge on any atom is -0.336 e. The summed E-state index contributed by atoms with van der Waals surface area (Å²) in [5.41, 5.74) is -1.79. The van der Waals surface area contributed by atoms with E-state index in [0.29, 0.717) is 23.4 Å². The first-order chi connectivity index (χ1) is 12.8. The number of nitriles is 1. The van der Waals surface area contributed by atoms with Gasteiger partial charge in [-0.15, -0.1) is 0 Å². The molecule has 3 rings (SSSR count). The van der Waals surface area contributed by atoms with Crippen molar-refractivity contribution in [2.24, 2.45) is 0 Å². The molecule has 0 unspecified atom stereocenters. The maximum Gasteiger partial charge on any atom is 0.325 e. The number of benzene rings is 1. The van der Waals surface area contributed by atoms with Gasteiger partial charge in [-0.3, -0.25) is 14.5 Å². The smallest absolute Gasteiger partial charge is 0.325 e. The minimum atomic E-state index is -1.34. The molecule has 142 valence electrons. The van der Waals surface area contributed by atoms with E-state index in [1.165, 1.54) is 0 Å². The summed E-state index contributed by atoms with van der Waals surface area (Å²) in [5.74, 6) is -1.07. The van der Waals surface area contributed by atoms with Gasteiger partial charge in [-0.1, -0.05) is 49.1 Å². The van der Waals surface area contributed by atoms with Gasteiger partial charge >= 0.3 is 6.03 Å². The van der Waals surface area contributed by atoms with Gasteiger partial charge in [0.2, 0.25) is 5.91 Å². The Kier molecular flexibility index (Phi) is 5.11. The number of halogens is 1. The van der Waals surface area contributed by atoms with Gasteiger partial charge in [0.1, 0.15) is 17.6 Å². The first-order valence-corrected chi connectivity index (χ1v) is 9.30. The molecule has 4 amide bonds. The first-order valence-electron chi connectivity index (χ1n) is 8.93. The molecule has 1 atom stereocenters. The topological polar surface area (TPSA) is 102 Å². The fourth-order valence-electron chi connectivity index (χ4n) is 3.76. The molecule has 1 heterocycles. The average Bonchev–Trinajstić information content (AvgIpc) is 2.86. The molecule has 27 heavy (non-hydrogen) atoms. The van der Waals surface area contributed by atoms with E-state index in [4.69, 9.17) is 11.6 Å². The highest BCUT2D eigenvalue weighted by atomic mass is 35.5. The van der Waals surface area contributed by atoms with Crippen LogP contribution in [-0.4, -0.2) is 34.8 Å². The van der Waals surface area contributed by atoms with E-state index in [1.54, 1.807) is 31.2 Å². The molecule has 8 heteroatoms. The molecule has 0 aromatic heterocycles. The van der Waals surface area contributed by atoms with E-state index < -0.39 is 35.5 Å². The fourth-order valence-corrected chi connectivity index (χ4v) is 4.08. The molecule has 1 aromatic carbocycles. The van der Waals surface area contributed by atoms with E-state index in [1.807, 2.05) is 0 Å². The van der Waals surface area contributed by atoms with Crippen LogP contribution in [0.15, 0.2) is 24.3 Å². The van der Waals surface area contributed by atoms with Crippen LogP contribution < -0.4 is 10.6 Å². The van der Waals surface area contributed by atoms with Crippen molar-refractivity contribution in [3.63, 3.8) is 0 Å². The summed E-state index contributed by atoms with van der Waals surface area (Å²) >= 11 is 6.19. The lowest BCUT2D eigenvalue weighted by molar-refractivity contribution is -0.135. The molecule has 2 aliphatic rings. The van der Waals surface area contributed by atoms with Gasteiger partial charge in [0, 0.05) is 10.6 Å². The summed E-state index contributed by atoms with van der Waals surface area (Å²) in [7, 11) is 0.